The molecule has 4 nitrogen and oxygen atoms in total. The van der Waals surface area contributed by atoms with Gasteiger partial charge in [-0.2, -0.15) is 5.10 Å². The fourth-order valence-electron chi connectivity index (χ4n) is 0.819. The zero-order valence-corrected chi connectivity index (χ0v) is 6.66. The van der Waals surface area contributed by atoms with Crippen LogP contribution in [-0.2, 0) is 17.8 Å². The van der Waals surface area contributed by atoms with Crippen molar-refractivity contribution in [2.45, 2.75) is 13.1 Å². The molecule has 1 rings (SSSR count). The molecule has 0 aliphatic rings. The first kappa shape index (κ1) is 8.23. The van der Waals surface area contributed by atoms with Crippen LogP contribution in [0.2, 0.25) is 0 Å². The molecule has 1 heterocycles. The van der Waals surface area contributed by atoms with Crippen molar-refractivity contribution in [1.82, 2.24) is 9.78 Å². The lowest BCUT2D eigenvalue weighted by atomic mass is 10.4. The molecule has 0 fully saturated rings. The summed E-state index contributed by atoms with van der Waals surface area (Å²) in [6, 6.07) is 0. The van der Waals surface area contributed by atoms with Gasteiger partial charge < -0.3 is 10.5 Å². The summed E-state index contributed by atoms with van der Waals surface area (Å²) in [5, 5.41) is 4.08. The van der Waals surface area contributed by atoms with E-state index in [1.165, 1.54) is 0 Å². The fraction of sp³-hybridized carbons (Fsp3) is 0.571. The Bertz CT molecular complexity index is 209. The quantitative estimate of drug-likeness (QED) is 0.665. The van der Waals surface area contributed by atoms with Gasteiger partial charge in [0.15, 0.2) is 0 Å². The van der Waals surface area contributed by atoms with E-state index in [0.717, 1.165) is 12.1 Å². The van der Waals surface area contributed by atoms with Crippen LogP contribution in [0.3, 0.4) is 0 Å². The SMILES string of the molecule is COCCn1cc(CN)cn1. The van der Waals surface area contributed by atoms with E-state index in [1.807, 2.05) is 10.9 Å². The summed E-state index contributed by atoms with van der Waals surface area (Å²) in [6.07, 6.45) is 3.70. The van der Waals surface area contributed by atoms with E-state index in [2.05, 4.69) is 5.10 Å². The molecule has 62 valence electrons. The molecule has 1 aromatic rings. The molecule has 0 atom stereocenters. The Labute approximate surface area is 66.0 Å². The highest BCUT2D eigenvalue weighted by molar-refractivity contribution is 5.02. The van der Waals surface area contributed by atoms with Crippen molar-refractivity contribution in [1.29, 1.82) is 0 Å². The Morgan fingerprint density at radius 3 is 3.09 bits per heavy atom. The monoisotopic (exact) mass is 155 g/mol. The van der Waals surface area contributed by atoms with Crippen LogP contribution in [0, 0.1) is 0 Å². The van der Waals surface area contributed by atoms with Crippen molar-refractivity contribution in [2.75, 3.05) is 13.7 Å². The summed E-state index contributed by atoms with van der Waals surface area (Å²) in [5.74, 6) is 0. The highest BCUT2D eigenvalue weighted by atomic mass is 16.5. The first-order valence-corrected chi connectivity index (χ1v) is 3.57. The van der Waals surface area contributed by atoms with Crippen LogP contribution in [-0.4, -0.2) is 23.5 Å². The van der Waals surface area contributed by atoms with Gasteiger partial charge >= 0.3 is 0 Å². The van der Waals surface area contributed by atoms with Crippen LogP contribution in [0.1, 0.15) is 5.56 Å². The second-order valence-electron chi connectivity index (χ2n) is 2.31. The predicted molar refractivity (Wildman–Crippen MR) is 42.0 cm³/mol. The van der Waals surface area contributed by atoms with Gasteiger partial charge in [-0.3, -0.25) is 4.68 Å². The van der Waals surface area contributed by atoms with E-state index in [1.54, 1.807) is 13.3 Å². The Hall–Kier alpha value is -0.870. The van der Waals surface area contributed by atoms with Gasteiger partial charge in [0.1, 0.15) is 0 Å². The molecular weight excluding hydrogens is 142 g/mol. The number of methoxy groups -OCH3 is 1. The molecule has 0 saturated heterocycles. The van der Waals surface area contributed by atoms with Gasteiger partial charge in [0.05, 0.1) is 19.3 Å². The Balaban J connectivity index is 2.44. The van der Waals surface area contributed by atoms with Gasteiger partial charge in [0.25, 0.3) is 0 Å². The summed E-state index contributed by atoms with van der Waals surface area (Å²) < 4.78 is 6.72. The van der Waals surface area contributed by atoms with Crippen LogP contribution >= 0.6 is 0 Å². The molecule has 2 N–H and O–H groups in total. The van der Waals surface area contributed by atoms with Gasteiger partial charge in [-0.25, -0.2) is 0 Å². The largest absolute Gasteiger partial charge is 0.383 e. The molecule has 0 amide bonds. The van der Waals surface area contributed by atoms with Crippen molar-refractivity contribution in [3.8, 4) is 0 Å². The molecule has 0 radical (unpaired) electrons. The molecule has 0 saturated carbocycles. The fourth-order valence-corrected chi connectivity index (χ4v) is 0.819. The van der Waals surface area contributed by atoms with Crippen LogP contribution < -0.4 is 5.73 Å². The highest BCUT2D eigenvalue weighted by Crippen LogP contribution is 1.94. The Morgan fingerprint density at radius 1 is 1.73 bits per heavy atom. The summed E-state index contributed by atoms with van der Waals surface area (Å²) in [5.41, 5.74) is 6.46. The van der Waals surface area contributed by atoms with E-state index in [4.69, 9.17) is 10.5 Å². The molecule has 0 spiro atoms. The van der Waals surface area contributed by atoms with E-state index >= 15 is 0 Å². The lowest BCUT2D eigenvalue weighted by molar-refractivity contribution is 0.183. The molecule has 0 aromatic carbocycles. The number of aromatic nitrogens is 2. The summed E-state index contributed by atoms with van der Waals surface area (Å²) in [7, 11) is 1.67. The minimum Gasteiger partial charge on any atom is -0.383 e. The molecule has 0 bridgehead atoms. The molecule has 0 aliphatic heterocycles. The average Bonchev–Trinajstić information content (AvgIpc) is 2.48. The zero-order chi connectivity index (χ0) is 8.10. The van der Waals surface area contributed by atoms with E-state index in [0.29, 0.717) is 13.2 Å². The summed E-state index contributed by atoms with van der Waals surface area (Å²) >= 11 is 0. The maximum absolute atomic E-state index is 5.41. The number of nitrogens with two attached hydrogens (primary N) is 1. The number of nitrogens with zero attached hydrogens (tertiary/aromatic N) is 2. The average molecular weight is 155 g/mol. The Kier molecular flexibility index (Phi) is 3.07. The Morgan fingerprint density at radius 2 is 2.55 bits per heavy atom. The third-order valence-corrected chi connectivity index (χ3v) is 1.45. The maximum atomic E-state index is 5.41. The molecular formula is C7H13N3O. The molecule has 11 heavy (non-hydrogen) atoms. The van der Waals surface area contributed by atoms with Crippen LogP contribution in [0.5, 0.6) is 0 Å². The predicted octanol–water partition coefficient (Wildman–Crippen LogP) is -0.0118. The molecule has 1 aromatic heterocycles. The van der Waals surface area contributed by atoms with E-state index < -0.39 is 0 Å². The molecule has 0 aliphatic carbocycles. The second-order valence-corrected chi connectivity index (χ2v) is 2.31. The minimum absolute atomic E-state index is 0.549. The third-order valence-electron chi connectivity index (χ3n) is 1.45. The smallest absolute Gasteiger partial charge is 0.0658 e. The number of rotatable bonds is 4. The molecule has 4 heteroatoms. The first-order valence-electron chi connectivity index (χ1n) is 3.57. The zero-order valence-electron chi connectivity index (χ0n) is 6.66. The van der Waals surface area contributed by atoms with Crippen molar-refractivity contribution < 1.29 is 4.74 Å². The van der Waals surface area contributed by atoms with Crippen molar-refractivity contribution in [3.63, 3.8) is 0 Å². The summed E-state index contributed by atoms with van der Waals surface area (Å²) in [6.45, 7) is 2.02. The van der Waals surface area contributed by atoms with Crippen LogP contribution in [0.4, 0.5) is 0 Å². The topological polar surface area (TPSA) is 53.1 Å². The van der Waals surface area contributed by atoms with Gasteiger partial charge in [-0.15, -0.1) is 0 Å². The standard InChI is InChI=1S/C7H13N3O/c1-11-3-2-10-6-7(4-8)5-9-10/h5-6H,2-4,8H2,1H3. The normalized spacial score (nSPS) is 10.4. The highest BCUT2D eigenvalue weighted by Gasteiger charge is 1.94. The number of hydrogen-bond donors (Lipinski definition) is 1. The third kappa shape index (κ3) is 2.32. The number of hydrogen-bond acceptors (Lipinski definition) is 3. The maximum Gasteiger partial charge on any atom is 0.0658 e. The van der Waals surface area contributed by atoms with E-state index in [9.17, 15) is 0 Å². The van der Waals surface area contributed by atoms with Gasteiger partial charge in [-0.1, -0.05) is 0 Å². The van der Waals surface area contributed by atoms with Crippen molar-refractivity contribution in [2.24, 2.45) is 5.73 Å². The number of ether oxygens (including phenoxy) is 1. The second kappa shape index (κ2) is 4.10. The van der Waals surface area contributed by atoms with Crippen LogP contribution in [0.15, 0.2) is 12.4 Å². The van der Waals surface area contributed by atoms with Gasteiger partial charge in [0, 0.05) is 25.4 Å². The van der Waals surface area contributed by atoms with Crippen LogP contribution in [0.25, 0.3) is 0 Å². The lowest BCUT2D eigenvalue weighted by Gasteiger charge is -1.97. The minimum atomic E-state index is 0.549. The lowest BCUT2D eigenvalue weighted by Crippen LogP contribution is -2.04. The van der Waals surface area contributed by atoms with E-state index in [-0.39, 0.29) is 0 Å². The van der Waals surface area contributed by atoms with Gasteiger partial charge in [0.2, 0.25) is 0 Å². The van der Waals surface area contributed by atoms with Crippen molar-refractivity contribution >= 4 is 0 Å². The molecule has 0 unspecified atom stereocenters. The van der Waals surface area contributed by atoms with Gasteiger partial charge in [-0.05, 0) is 0 Å². The van der Waals surface area contributed by atoms with Crippen molar-refractivity contribution in [3.05, 3.63) is 18.0 Å². The summed E-state index contributed by atoms with van der Waals surface area (Å²) in [4.78, 5) is 0. The first-order chi connectivity index (χ1) is 5.36.